The van der Waals surface area contributed by atoms with Crippen molar-refractivity contribution < 1.29 is 22.0 Å². The fraction of sp³-hybridized carbons (Fsp3) is 0.316. The van der Waals surface area contributed by atoms with Crippen LogP contribution in [0.15, 0.2) is 58.3 Å². The van der Waals surface area contributed by atoms with E-state index in [1.54, 1.807) is 42.2 Å². The maximum atomic E-state index is 13.8. The van der Waals surface area contributed by atoms with Crippen LogP contribution in [0.1, 0.15) is 6.92 Å². The molecule has 0 aromatic heterocycles. The smallest absolute Gasteiger partial charge is 0.243 e. The van der Waals surface area contributed by atoms with Gasteiger partial charge < -0.3 is 4.90 Å². The third kappa shape index (κ3) is 4.53. The number of piperazine rings is 1. The van der Waals surface area contributed by atoms with Crippen LogP contribution in [-0.4, -0.2) is 55.0 Å². The molecule has 0 saturated carbocycles. The second-order valence-electron chi connectivity index (χ2n) is 6.38. The Morgan fingerprint density at radius 2 is 1.68 bits per heavy atom. The lowest BCUT2D eigenvalue weighted by atomic mass is 10.3. The molecule has 0 aliphatic carbocycles. The van der Waals surface area contributed by atoms with E-state index >= 15 is 0 Å². The van der Waals surface area contributed by atoms with Crippen LogP contribution in [0.4, 0.5) is 8.78 Å². The van der Waals surface area contributed by atoms with Gasteiger partial charge in [0.05, 0.1) is 10.1 Å². The molecule has 0 radical (unpaired) electrons. The van der Waals surface area contributed by atoms with E-state index in [9.17, 15) is 22.0 Å². The van der Waals surface area contributed by atoms with Crippen LogP contribution in [0, 0.1) is 11.6 Å². The summed E-state index contributed by atoms with van der Waals surface area (Å²) in [5, 5.41) is -0.572. The van der Waals surface area contributed by atoms with Gasteiger partial charge in [-0.3, -0.25) is 4.79 Å². The largest absolute Gasteiger partial charge is 0.339 e. The number of sulfonamides is 1. The molecule has 0 spiro atoms. The van der Waals surface area contributed by atoms with Crippen LogP contribution in [0.2, 0.25) is 0 Å². The van der Waals surface area contributed by atoms with Crippen molar-refractivity contribution in [3.05, 3.63) is 60.2 Å². The Bertz CT molecular complexity index is 947. The van der Waals surface area contributed by atoms with Crippen LogP contribution in [-0.2, 0) is 14.8 Å². The molecule has 1 aliphatic rings. The summed E-state index contributed by atoms with van der Waals surface area (Å²) in [6.07, 6.45) is 0. The highest BCUT2D eigenvalue weighted by Crippen LogP contribution is 2.28. The highest BCUT2D eigenvalue weighted by Gasteiger charge is 2.31. The minimum absolute atomic E-state index is 0.200. The number of rotatable bonds is 5. The van der Waals surface area contributed by atoms with Gasteiger partial charge in [-0.25, -0.2) is 17.2 Å². The minimum Gasteiger partial charge on any atom is -0.339 e. The summed E-state index contributed by atoms with van der Waals surface area (Å²) in [6, 6.07) is 11.4. The summed E-state index contributed by atoms with van der Waals surface area (Å²) < 4.78 is 53.5. The van der Waals surface area contributed by atoms with E-state index in [0.29, 0.717) is 0 Å². The van der Waals surface area contributed by atoms with Gasteiger partial charge in [-0.15, -0.1) is 11.8 Å². The zero-order chi connectivity index (χ0) is 20.3. The molecule has 1 saturated heterocycles. The zero-order valence-electron chi connectivity index (χ0n) is 15.2. The van der Waals surface area contributed by atoms with Crippen molar-refractivity contribution in [1.29, 1.82) is 0 Å². The molecule has 1 aliphatic heterocycles. The molecule has 9 heteroatoms. The highest BCUT2D eigenvalue weighted by molar-refractivity contribution is 8.00. The molecule has 0 N–H and O–H groups in total. The maximum absolute atomic E-state index is 13.8. The highest BCUT2D eigenvalue weighted by atomic mass is 32.2. The number of hydrogen-bond donors (Lipinski definition) is 0. The molecule has 1 amide bonds. The van der Waals surface area contributed by atoms with E-state index in [1.165, 1.54) is 10.4 Å². The number of amides is 1. The second kappa shape index (κ2) is 8.59. The summed E-state index contributed by atoms with van der Waals surface area (Å²) in [6.45, 7) is 2.59. The van der Waals surface area contributed by atoms with Gasteiger partial charge in [-0.05, 0) is 31.2 Å². The van der Waals surface area contributed by atoms with Crippen LogP contribution < -0.4 is 0 Å². The van der Waals surface area contributed by atoms with Gasteiger partial charge in [-0.2, -0.15) is 4.31 Å². The number of carbonyl (C=O) groups is 1. The van der Waals surface area contributed by atoms with Gasteiger partial charge in [0.2, 0.25) is 15.9 Å². The summed E-state index contributed by atoms with van der Waals surface area (Å²) in [4.78, 5) is 14.7. The van der Waals surface area contributed by atoms with Gasteiger partial charge in [-0.1, -0.05) is 18.2 Å². The first-order valence-electron chi connectivity index (χ1n) is 8.75. The van der Waals surface area contributed by atoms with Crippen LogP contribution in [0.25, 0.3) is 0 Å². The molecule has 5 nitrogen and oxygen atoms in total. The summed E-state index contributed by atoms with van der Waals surface area (Å²) >= 11 is 1.02. The minimum atomic E-state index is -3.58. The molecule has 1 heterocycles. The van der Waals surface area contributed by atoms with Crippen molar-refractivity contribution in [1.82, 2.24) is 9.21 Å². The lowest BCUT2D eigenvalue weighted by molar-refractivity contribution is -0.131. The molecular weight excluding hydrogens is 406 g/mol. The second-order valence-corrected chi connectivity index (χ2v) is 9.70. The van der Waals surface area contributed by atoms with E-state index < -0.39 is 26.9 Å². The summed E-state index contributed by atoms with van der Waals surface area (Å²) in [5.41, 5.74) is 0. The van der Waals surface area contributed by atoms with E-state index in [0.717, 1.165) is 23.9 Å². The van der Waals surface area contributed by atoms with Gasteiger partial charge in [0.25, 0.3) is 0 Å². The number of hydrogen-bond acceptors (Lipinski definition) is 4. The van der Waals surface area contributed by atoms with Crippen molar-refractivity contribution in [2.45, 2.75) is 22.0 Å². The molecule has 3 rings (SSSR count). The Morgan fingerprint density at radius 1 is 1.04 bits per heavy atom. The third-order valence-corrected chi connectivity index (χ3v) is 7.53. The van der Waals surface area contributed by atoms with Crippen molar-refractivity contribution >= 4 is 27.7 Å². The molecule has 2 aromatic rings. The fourth-order valence-electron chi connectivity index (χ4n) is 2.96. The summed E-state index contributed by atoms with van der Waals surface area (Å²) in [5.74, 6) is -1.58. The van der Waals surface area contributed by atoms with Gasteiger partial charge in [0.15, 0.2) is 0 Å². The first-order chi connectivity index (χ1) is 13.3. The van der Waals surface area contributed by atoms with Gasteiger partial charge in [0.1, 0.15) is 11.6 Å². The average molecular weight is 427 g/mol. The Kier molecular flexibility index (Phi) is 6.36. The van der Waals surface area contributed by atoms with Crippen molar-refractivity contribution in [2.75, 3.05) is 26.2 Å². The Hall–Kier alpha value is -1.97. The molecule has 1 fully saturated rings. The number of halogens is 2. The molecule has 1 unspecified atom stereocenters. The fourth-order valence-corrected chi connectivity index (χ4v) is 5.35. The predicted octanol–water partition coefficient (Wildman–Crippen LogP) is 2.98. The van der Waals surface area contributed by atoms with Crippen LogP contribution in [0.3, 0.4) is 0 Å². The first-order valence-corrected chi connectivity index (χ1v) is 11.1. The topological polar surface area (TPSA) is 57.7 Å². The van der Waals surface area contributed by atoms with Crippen LogP contribution in [0.5, 0.6) is 0 Å². The van der Waals surface area contributed by atoms with Crippen LogP contribution >= 0.6 is 11.8 Å². The van der Waals surface area contributed by atoms with Crippen molar-refractivity contribution in [3.8, 4) is 0 Å². The third-order valence-electron chi connectivity index (χ3n) is 4.48. The standard InChI is InChI=1S/C19H20F2N2O3S2/c1-14(27-18-8-7-15(20)13-17(18)21)19(24)22-9-11-23(12-10-22)28(25,26)16-5-3-2-4-6-16/h2-8,13-14H,9-12H2,1H3. The van der Waals surface area contributed by atoms with E-state index in [-0.39, 0.29) is 41.9 Å². The Labute approximate surface area is 167 Å². The van der Waals surface area contributed by atoms with E-state index in [4.69, 9.17) is 0 Å². The molecular formula is C19H20F2N2O3S2. The number of benzene rings is 2. The monoisotopic (exact) mass is 426 g/mol. The summed E-state index contributed by atoms with van der Waals surface area (Å²) in [7, 11) is -3.58. The first kappa shape index (κ1) is 20.8. The number of thioether (sulfide) groups is 1. The predicted molar refractivity (Wildman–Crippen MR) is 103 cm³/mol. The van der Waals surface area contributed by atoms with E-state index in [1.807, 2.05) is 0 Å². The SMILES string of the molecule is CC(Sc1ccc(F)cc1F)C(=O)N1CCN(S(=O)(=O)c2ccccc2)CC1. The number of carbonyl (C=O) groups excluding carboxylic acids is 1. The quantitative estimate of drug-likeness (QED) is 0.690. The zero-order valence-corrected chi connectivity index (χ0v) is 16.8. The Morgan fingerprint density at radius 3 is 2.29 bits per heavy atom. The molecule has 150 valence electrons. The normalized spacial score (nSPS) is 16.8. The number of nitrogens with zero attached hydrogens (tertiary/aromatic N) is 2. The molecule has 0 bridgehead atoms. The van der Waals surface area contributed by atoms with Gasteiger partial charge in [0, 0.05) is 37.1 Å². The lowest BCUT2D eigenvalue weighted by Crippen LogP contribution is -2.52. The van der Waals surface area contributed by atoms with E-state index in [2.05, 4.69) is 0 Å². The molecule has 2 aromatic carbocycles. The van der Waals surface area contributed by atoms with Crippen molar-refractivity contribution in [2.24, 2.45) is 0 Å². The average Bonchev–Trinajstić information content (AvgIpc) is 2.70. The Balaban J connectivity index is 1.60. The molecule has 1 atom stereocenters. The molecule has 28 heavy (non-hydrogen) atoms. The maximum Gasteiger partial charge on any atom is 0.243 e. The van der Waals surface area contributed by atoms with Crippen molar-refractivity contribution in [3.63, 3.8) is 0 Å². The van der Waals surface area contributed by atoms with Gasteiger partial charge >= 0.3 is 0 Å². The lowest BCUT2D eigenvalue weighted by Gasteiger charge is -2.35.